The summed E-state index contributed by atoms with van der Waals surface area (Å²) in [6.07, 6.45) is 1.94. The van der Waals surface area contributed by atoms with Gasteiger partial charge in [-0.15, -0.1) is 0 Å². The highest BCUT2D eigenvalue weighted by Crippen LogP contribution is 2.30. The van der Waals surface area contributed by atoms with Crippen LogP contribution in [0.25, 0.3) is 6.08 Å². The second-order valence-corrected chi connectivity index (χ2v) is 6.06. The summed E-state index contributed by atoms with van der Waals surface area (Å²) in [6.45, 7) is -0.00331. The van der Waals surface area contributed by atoms with Gasteiger partial charge in [0.25, 0.3) is 11.6 Å². The Balaban J connectivity index is 1.42. The van der Waals surface area contributed by atoms with Crippen molar-refractivity contribution in [3.8, 4) is 11.5 Å². The minimum absolute atomic E-state index is 0.134. The van der Waals surface area contributed by atoms with Crippen LogP contribution in [0.4, 0.5) is 5.69 Å². The molecule has 0 fully saturated rings. The molecule has 1 aliphatic heterocycles. The normalized spacial score (nSPS) is 15.0. The van der Waals surface area contributed by atoms with Crippen LogP contribution in [-0.2, 0) is 14.3 Å². The Labute approximate surface area is 166 Å². The number of rotatable bonds is 7. The van der Waals surface area contributed by atoms with Crippen molar-refractivity contribution in [3.63, 3.8) is 0 Å². The second-order valence-electron chi connectivity index (χ2n) is 6.06. The first-order chi connectivity index (χ1) is 14.0. The van der Waals surface area contributed by atoms with E-state index in [0.717, 1.165) is 6.08 Å². The lowest BCUT2D eigenvalue weighted by molar-refractivity contribution is -0.385. The van der Waals surface area contributed by atoms with Crippen molar-refractivity contribution in [2.45, 2.75) is 6.10 Å². The molecular formula is C20H18N2O7. The molecular weight excluding hydrogens is 380 g/mol. The van der Waals surface area contributed by atoms with E-state index in [9.17, 15) is 19.7 Å². The first-order valence-corrected chi connectivity index (χ1v) is 8.76. The zero-order valence-electron chi connectivity index (χ0n) is 15.3. The number of esters is 1. The van der Waals surface area contributed by atoms with Gasteiger partial charge in [0.2, 0.25) is 0 Å². The Kier molecular flexibility index (Phi) is 6.41. The monoisotopic (exact) mass is 398 g/mol. The van der Waals surface area contributed by atoms with E-state index in [1.807, 2.05) is 12.1 Å². The lowest BCUT2D eigenvalue weighted by atomic mass is 10.1. The number of ether oxygens (including phenoxy) is 3. The highest BCUT2D eigenvalue weighted by Gasteiger charge is 2.21. The van der Waals surface area contributed by atoms with E-state index in [0.29, 0.717) is 11.5 Å². The molecule has 0 unspecified atom stereocenters. The third kappa shape index (κ3) is 5.55. The number of carbonyl (C=O) groups excluding carboxylic acids is 2. The van der Waals surface area contributed by atoms with Crippen LogP contribution in [0.2, 0.25) is 0 Å². The number of nitro benzene ring substituents is 1. The Morgan fingerprint density at radius 3 is 2.69 bits per heavy atom. The van der Waals surface area contributed by atoms with E-state index in [2.05, 4.69) is 5.32 Å². The Morgan fingerprint density at radius 2 is 1.90 bits per heavy atom. The van der Waals surface area contributed by atoms with Crippen molar-refractivity contribution < 1.29 is 28.7 Å². The SMILES string of the molecule is O=C(COC(=O)/C=C/c1ccccc1[N+](=O)[O-])NC[C@@H]1COc2ccccc2O1. The van der Waals surface area contributed by atoms with E-state index >= 15 is 0 Å². The van der Waals surface area contributed by atoms with Crippen LogP contribution in [0.5, 0.6) is 11.5 Å². The first-order valence-electron chi connectivity index (χ1n) is 8.76. The topological polar surface area (TPSA) is 117 Å². The molecule has 0 aliphatic carbocycles. The van der Waals surface area contributed by atoms with Crippen molar-refractivity contribution >= 4 is 23.6 Å². The summed E-state index contributed by atoms with van der Waals surface area (Å²) >= 11 is 0. The summed E-state index contributed by atoms with van der Waals surface area (Å²) in [5, 5.41) is 13.5. The van der Waals surface area contributed by atoms with Gasteiger partial charge < -0.3 is 19.5 Å². The quantitative estimate of drug-likeness (QED) is 0.328. The number of fused-ring (bicyclic) bond motifs is 1. The maximum Gasteiger partial charge on any atom is 0.331 e. The molecule has 0 spiro atoms. The maximum absolute atomic E-state index is 11.9. The van der Waals surface area contributed by atoms with Gasteiger partial charge in [-0.1, -0.05) is 24.3 Å². The number of hydrogen-bond donors (Lipinski definition) is 1. The van der Waals surface area contributed by atoms with E-state index in [-0.39, 0.29) is 30.5 Å². The van der Waals surface area contributed by atoms with Crippen LogP contribution < -0.4 is 14.8 Å². The molecule has 1 heterocycles. The van der Waals surface area contributed by atoms with Gasteiger partial charge in [0, 0.05) is 12.1 Å². The number of nitrogens with one attached hydrogen (secondary N) is 1. The van der Waals surface area contributed by atoms with Crippen molar-refractivity contribution in [1.82, 2.24) is 5.32 Å². The fourth-order valence-corrected chi connectivity index (χ4v) is 2.58. The van der Waals surface area contributed by atoms with E-state index in [4.69, 9.17) is 14.2 Å². The molecule has 1 atom stereocenters. The summed E-state index contributed by atoms with van der Waals surface area (Å²) in [6, 6.07) is 13.2. The molecule has 0 aromatic heterocycles. The van der Waals surface area contributed by atoms with Crippen LogP contribution in [0.15, 0.2) is 54.6 Å². The van der Waals surface area contributed by atoms with Gasteiger partial charge in [-0.05, 0) is 24.3 Å². The lowest BCUT2D eigenvalue weighted by Gasteiger charge is -2.26. The first kappa shape index (κ1) is 19.9. The van der Waals surface area contributed by atoms with Crippen molar-refractivity contribution in [2.75, 3.05) is 19.8 Å². The van der Waals surface area contributed by atoms with Gasteiger partial charge >= 0.3 is 5.97 Å². The smallest absolute Gasteiger partial charge is 0.331 e. The van der Waals surface area contributed by atoms with E-state index < -0.39 is 23.4 Å². The predicted molar refractivity (Wildman–Crippen MR) is 102 cm³/mol. The van der Waals surface area contributed by atoms with Crippen LogP contribution in [0.3, 0.4) is 0 Å². The summed E-state index contributed by atoms with van der Waals surface area (Å²) in [4.78, 5) is 34.0. The minimum Gasteiger partial charge on any atom is -0.486 e. The Bertz CT molecular complexity index is 942. The highest BCUT2D eigenvalue weighted by molar-refractivity contribution is 5.89. The maximum atomic E-state index is 11.9. The average Bonchev–Trinajstić information content (AvgIpc) is 2.74. The molecule has 0 saturated carbocycles. The molecule has 3 rings (SSSR count). The number of benzene rings is 2. The van der Waals surface area contributed by atoms with Gasteiger partial charge in [-0.3, -0.25) is 14.9 Å². The molecule has 29 heavy (non-hydrogen) atoms. The second kappa shape index (κ2) is 9.36. The van der Waals surface area contributed by atoms with E-state index in [1.54, 1.807) is 18.2 Å². The summed E-state index contributed by atoms with van der Waals surface area (Å²) in [5.41, 5.74) is 0.124. The largest absolute Gasteiger partial charge is 0.486 e. The molecule has 1 amide bonds. The summed E-state index contributed by atoms with van der Waals surface area (Å²) in [5.74, 6) is -0.0385. The molecule has 1 N–H and O–H groups in total. The number of nitro groups is 1. The van der Waals surface area contributed by atoms with Crippen molar-refractivity contribution in [1.29, 1.82) is 0 Å². The third-order valence-corrected chi connectivity index (χ3v) is 3.97. The molecule has 0 saturated heterocycles. The minimum atomic E-state index is -0.788. The van der Waals surface area contributed by atoms with Gasteiger partial charge in [0.15, 0.2) is 18.1 Å². The zero-order chi connectivity index (χ0) is 20.6. The van der Waals surface area contributed by atoms with Gasteiger partial charge in [0.1, 0.15) is 12.7 Å². The standard InChI is InChI=1S/C20H18N2O7/c23-19(21-11-15-12-27-17-7-3-4-8-18(17)29-15)13-28-20(24)10-9-14-5-1-2-6-16(14)22(25)26/h1-10,15H,11-13H2,(H,21,23)/b10-9+/t15-/m1/s1. The molecule has 9 heteroatoms. The molecule has 0 radical (unpaired) electrons. The van der Waals surface area contributed by atoms with Crippen LogP contribution in [0, 0.1) is 10.1 Å². The highest BCUT2D eigenvalue weighted by atomic mass is 16.6. The average molecular weight is 398 g/mol. The molecule has 2 aromatic carbocycles. The number of nitrogens with zero attached hydrogens (tertiary/aromatic N) is 1. The summed E-state index contributed by atoms with van der Waals surface area (Å²) < 4.78 is 16.1. The molecule has 0 bridgehead atoms. The number of carbonyl (C=O) groups is 2. The Morgan fingerprint density at radius 1 is 1.17 bits per heavy atom. The third-order valence-electron chi connectivity index (χ3n) is 3.97. The number of hydrogen-bond acceptors (Lipinski definition) is 7. The van der Waals surface area contributed by atoms with E-state index in [1.165, 1.54) is 24.3 Å². The van der Waals surface area contributed by atoms with Crippen molar-refractivity contribution in [2.24, 2.45) is 0 Å². The number of para-hydroxylation sites is 3. The van der Waals surface area contributed by atoms with Gasteiger partial charge in [-0.25, -0.2) is 4.79 Å². The lowest BCUT2D eigenvalue weighted by Crippen LogP contribution is -2.42. The predicted octanol–water partition coefficient (Wildman–Crippen LogP) is 2.11. The molecule has 2 aromatic rings. The van der Waals surface area contributed by atoms with Crippen LogP contribution >= 0.6 is 0 Å². The van der Waals surface area contributed by atoms with Crippen molar-refractivity contribution in [3.05, 3.63) is 70.3 Å². The fourth-order valence-electron chi connectivity index (χ4n) is 2.58. The fraction of sp³-hybridized carbons (Fsp3) is 0.200. The van der Waals surface area contributed by atoms with Crippen LogP contribution in [0.1, 0.15) is 5.56 Å². The van der Waals surface area contributed by atoms with Gasteiger partial charge in [-0.2, -0.15) is 0 Å². The zero-order valence-corrected chi connectivity index (χ0v) is 15.3. The molecule has 150 valence electrons. The Hall–Kier alpha value is -3.88. The summed E-state index contributed by atoms with van der Waals surface area (Å²) in [7, 11) is 0. The van der Waals surface area contributed by atoms with Crippen LogP contribution in [-0.4, -0.2) is 42.7 Å². The molecule has 1 aliphatic rings. The van der Waals surface area contributed by atoms with Gasteiger partial charge in [0.05, 0.1) is 17.0 Å². The molecule has 9 nitrogen and oxygen atoms in total. The number of amides is 1.